The Kier molecular flexibility index (Phi) is 3.41. The van der Waals surface area contributed by atoms with Gasteiger partial charge in [0.15, 0.2) is 0 Å². The number of para-hydroxylation sites is 2. The second-order valence-corrected chi connectivity index (χ2v) is 7.61. The minimum atomic E-state index is 1.18. The summed E-state index contributed by atoms with van der Waals surface area (Å²) in [6, 6.07) is 34.7. The average molecular weight is 372 g/mol. The molecule has 2 nitrogen and oxygen atoms in total. The molecule has 0 amide bonds. The Balaban J connectivity index is 1.86. The van der Waals surface area contributed by atoms with Crippen LogP contribution in [0.15, 0.2) is 103 Å². The normalized spacial score (nSPS) is 11.6. The summed E-state index contributed by atoms with van der Waals surface area (Å²) in [4.78, 5) is 0. The fraction of sp³-hybridized carbons (Fsp3) is 0.0370. The highest BCUT2D eigenvalue weighted by Crippen LogP contribution is 2.38. The van der Waals surface area contributed by atoms with Gasteiger partial charge in [-0.25, -0.2) is 0 Å². The third-order valence-electron chi connectivity index (χ3n) is 5.78. The van der Waals surface area contributed by atoms with E-state index in [0.717, 1.165) is 0 Å². The summed E-state index contributed by atoms with van der Waals surface area (Å²) in [6.45, 7) is 2.16. The lowest BCUT2D eigenvalue weighted by molar-refractivity contribution is 1.12. The fourth-order valence-corrected chi connectivity index (χ4v) is 4.49. The van der Waals surface area contributed by atoms with Crippen LogP contribution in [0.2, 0.25) is 0 Å². The maximum Gasteiger partial charge on any atom is 0.0788 e. The highest BCUT2D eigenvalue weighted by Gasteiger charge is 2.17. The van der Waals surface area contributed by atoms with E-state index in [1.807, 2.05) is 0 Å². The lowest BCUT2D eigenvalue weighted by Gasteiger charge is -2.11. The number of aromatic nitrogens is 2. The van der Waals surface area contributed by atoms with E-state index < -0.39 is 0 Å². The monoisotopic (exact) mass is 372 g/mol. The Hall–Kier alpha value is -3.78. The zero-order chi connectivity index (χ0) is 19.4. The molecular weight excluding hydrogens is 352 g/mol. The summed E-state index contributed by atoms with van der Waals surface area (Å²) < 4.78 is 4.72. The minimum absolute atomic E-state index is 1.18. The van der Waals surface area contributed by atoms with Gasteiger partial charge in [-0.15, -0.1) is 0 Å². The van der Waals surface area contributed by atoms with Crippen LogP contribution in [0.5, 0.6) is 0 Å². The van der Waals surface area contributed by atoms with Crippen LogP contribution in [0, 0.1) is 6.92 Å². The zero-order valence-electron chi connectivity index (χ0n) is 16.2. The van der Waals surface area contributed by atoms with E-state index in [4.69, 9.17) is 0 Å². The van der Waals surface area contributed by atoms with E-state index in [0.29, 0.717) is 0 Å². The van der Waals surface area contributed by atoms with Crippen molar-refractivity contribution in [2.45, 2.75) is 6.92 Å². The van der Waals surface area contributed by atoms with Crippen molar-refractivity contribution in [1.82, 2.24) is 9.13 Å². The fourth-order valence-electron chi connectivity index (χ4n) is 4.49. The van der Waals surface area contributed by atoms with E-state index in [9.17, 15) is 0 Å². The second-order valence-electron chi connectivity index (χ2n) is 7.61. The third kappa shape index (κ3) is 2.36. The van der Waals surface area contributed by atoms with Gasteiger partial charge in [-0.2, -0.15) is 0 Å². The highest BCUT2D eigenvalue weighted by atomic mass is 15.0. The Bertz CT molecular complexity index is 1490. The van der Waals surface area contributed by atoms with E-state index in [1.165, 1.54) is 49.6 Å². The molecule has 0 radical (unpaired) electrons. The molecule has 6 aromatic rings. The number of nitrogens with zero attached hydrogens (tertiary/aromatic N) is 2. The Morgan fingerprint density at radius 2 is 1.31 bits per heavy atom. The molecule has 0 atom stereocenters. The first-order valence-corrected chi connectivity index (χ1v) is 9.97. The van der Waals surface area contributed by atoms with Crippen LogP contribution >= 0.6 is 0 Å². The first kappa shape index (κ1) is 16.2. The molecule has 2 aromatic heterocycles. The van der Waals surface area contributed by atoms with Gasteiger partial charge in [0.25, 0.3) is 0 Å². The SMILES string of the molecule is Cc1ccc2c(c1)c1ccc3ccn(-c4ccccc4)c3c1n2-c1ccccc1. The van der Waals surface area contributed by atoms with Crippen LogP contribution in [0.3, 0.4) is 0 Å². The van der Waals surface area contributed by atoms with Crippen molar-refractivity contribution in [3.8, 4) is 11.4 Å². The molecule has 0 fully saturated rings. The summed E-state index contributed by atoms with van der Waals surface area (Å²) in [5, 5.41) is 3.83. The topological polar surface area (TPSA) is 9.86 Å². The lowest BCUT2D eigenvalue weighted by atomic mass is 10.1. The van der Waals surface area contributed by atoms with Gasteiger partial charge in [0.2, 0.25) is 0 Å². The van der Waals surface area contributed by atoms with Crippen LogP contribution in [0.4, 0.5) is 0 Å². The van der Waals surface area contributed by atoms with Gasteiger partial charge in [0, 0.05) is 33.7 Å². The van der Waals surface area contributed by atoms with Crippen molar-refractivity contribution in [2.24, 2.45) is 0 Å². The molecule has 2 heterocycles. The van der Waals surface area contributed by atoms with E-state index in [2.05, 4.69) is 119 Å². The lowest BCUT2D eigenvalue weighted by Crippen LogP contribution is -1.97. The van der Waals surface area contributed by atoms with Gasteiger partial charge in [-0.1, -0.05) is 60.2 Å². The molecule has 0 saturated heterocycles. The predicted octanol–water partition coefficient (Wildman–Crippen LogP) is 7.04. The minimum Gasteiger partial charge on any atom is -0.315 e. The second kappa shape index (κ2) is 6.11. The summed E-state index contributed by atoms with van der Waals surface area (Å²) >= 11 is 0. The molecule has 6 rings (SSSR count). The molecule has 138 valence electrons. The molecule has 0 aliphatic heterocycles. The van der Waals surface area contributed by atoms with Crippen molar-refractivity contribution in [2.75, 3.05) is 0 Å². The molecule has 0 spiro atoms. The van der Waals surface area contributed by atoms with Crippen LogP contribution in [0.1, 0.15) is 5.56 Å². The molecule has 4 aromatic carbocycles. The summed E-state index contributed by atoms with van der Waals surface area (Å²) in [5.41, 5.74) is 7.38. The number of hydrogen-bond donors (Lipinski definition) is 0. The first-order chi connectivity index (χ1) is 14.3. The van der Waals surface area contributed by atoms with Crippen LogP contribution in [-0.2, 0) is 0 Å². The van der Waals surface area contributed by atoms with Gasteiger partial charge >= 0.3 is 0 Å². The van der Waals surface area contributed by atoms with Gasteiger partial charge in [-0.05, 0) is 49.4 Å². The van der Waals surface area contributed by atoms with E-state index >= 15 is 0 Å². The molecule has 0 aliphatic rings. The van der Waals surface area contributed by atoms with E-state index in [-0.39, 0.29) is 0 Å². The maximum absolute atomic E-state index is 2.41. The summed E-state index contributed by atoms with van der Waals surface area (Å²) in [6.07, 6.45) is 2.18. The standard InChI is InChI=1S/C27H20N2/c1-19-12-15-25-24(18-19)23-14-13-20-16-17-28(21-8-4-2-5-9-21)26(20)27(23)29(25)22-10-6-3-7-11-22/h2-18H,1H3. The van der Waals surface area contributed by atoms with Crippen LogP contribution in [0.25, 0.3) is 44.1 Å². The molecule has 2 heteroatoms. The molecule has 0 unspecified atom stereocenters. The molecular formula is C27H20N2. The van der Waals surface area contributed by atoms with Crippen molar-refractivity contribution in [3.63, 3.8) is 0 Å². The van der Waals surface area contributed by atoms with Crippen LogP contribution in [-0.4, -0.2) is 9.13 Å². The number of aryl methyl sites for hydroxylation is 1. The largest absolute Gasteiger partial charge is 0.315 e. The molecule has 0 saturated carbocycles. The van der Waals surface area contributed by atoms with Crippen molar-refractivity contribution in [3.05, 3.63) is 109 Å². The Morgan fingerprint density at radius 3 is 2.07 bits per heavy atom. The van der Waals surface area contributed by atoms with Gasteiger partial charge in [0.1, 0.15) is 0 Å². The number of fused-ring (bicyclic) bond motifs is 5. The molecule has 0 bridgehead atoms. The number of hydrogen-bond acceptors (Lipinski definition) is 0. The number of rotatable bonds is 2. The molecule has 29 heavy (non-hydrogen) atoms. The molecule has 0 N–H and O–H groups in total. The first-order valence-electron chi connectivity index (χ1n) is 9.97. The third-order valence-corrected chi connectivity index (χ3v) is 5.78. The van der Waals surface area contributed by atoms with Crippen LogP contribution < -0.4 is 0 Å². The highest BCUT2D eigenvalue weighted by molar-refractivity contribution is 6.18. The zero-order valence-corrected chi connectivity index (χ0v) is 16.2. The molecule has 0 aliphatic carbocycles. The summed E-state index contributed by atoms with van der Waals surface area (Å²) in [5.74, 6) is 0. The Labute approximate surface area is 169 Å². The smallest absolute Gasteiger partial charge is 0.0788 e. The number of benzene rings is 4. The van der Waals surface area contributed by atoms with Crippen molar-refractivity contribution in [1.29, 1.82) is 0 Å². The Morgan fingerprint density at radius 1 is 0.586 bits per heavy atom. The van der Waals surface area contributed by atoms with Gasteiger partial charge < -0.3 is 9.13 Å². The predicted molar refractivity (Wildman–Crippen MR) is 122 cm³/mol. The van der Waals surface area contributed by atoms with Crippen molar-refractivity contribution < 1.29 is 0 Å². The van der Waals surface area contributed by atoms with Crippen molar-refractivity contribution >= 4 is 32.7 Å². The van der Waals surface area contributed by atoms with Gasteiger partial charge in [0.05, 0.1) is 16.6 Å². The summed E-state index contributed by atoms with van der Waals surface area (Å²) in [7, 11) is 0. The van der Waals surface area contributed by atoms with Gasteiger partial charge in [-0.3, -0.25) is 0 Å². The van der Waals surface area contributed by atoms with E-state index in [1.54, 1.807) is 0 Å². The maximum atomic E-state index is 2.41. The quantitative estimate of drug-likeness (QED) is 0.309. The average Bonchev–Trinajstić information content (AvgIpc) is 3.34.